The molecule has 1 rings (SSSR count). The predicted octanol–water partition coefficient (Wildman–Crippen LogP) is 0.923. The first-order valence-corrected chi connectivity index (χ1v) is 3.71. The maximum Gasteiger partial charge on any atom is 0.295 e. The normalized spacial score (nSPS) is 8.46. The van der Waals surface area contributed by atoms with Gasteiger partial charge in [0.05, 0.1) is 0 Å². The van der Waals surface area contributed by atoms with Crippen molar-refractivity contribution in [2.75, 3.05) is 7.05 Å². The van der Waals surface area contributed by atoms with E-state index >= 15 is 0 Å². The van der Waals surface area contributed by atoms with Gasteiger partial charge in [0.15, 0.2) is 0 Å². The first-order chi connectivity index (χ1) is 6.22. The lowest BCUT2D eigenvalue weighted by molar-refractivity contribution is -0.115. The molecule has 0 unspecified atom stereocenters. The van der Waals surface area contributed by atoms with Gasteiger partial charge in [0.25, 0.3) is 5.91 Å². The van der Waals surface area contributed by atoms with Crippen LogP contribution in [0.15, 0.2) is 24.3 Å². The van der Waals surface area contributed by atoms with E-state index in [1.165, 1.54) is 19.2 Å². The van der Waals surface area contributed by atoms with Gasteiger partial charge < -0.3 is 5.32 Å². The molecule has 1 N–H and O–H groups in total. The molecule has 3 heteroatoms. The molecule has 0 aliphatic rings. The van der Waals surface area contributed by atoms with Crippen LogP contribution in [0.2, 0.25) is 0 Å². The Kier molecular flexibility index (Phi) is 3.04. The van der Waals surface area contributed by atoms with Crippen molar-refractivity contribution in [3.63, 3.8) is 0 Å². The van der Waals surface area contributed by atoms with Crippen molar-refractivity contribution in [3.05, 3.63) is 35.6 Å². The zero-order chi connectivity index (χ0) is 9.68. The van der Waals surface area contributed by atoms with Crippen LogP contribution in [-0.4, -0.2) is 13.0 Å². The summed E-state index contributed by atoms with van der Waals surface area (Å²) in [5.41, 5.74) is 0.489. The van der Waals surface area contributed by atoms with Gasteiger partial charge in [-0.2, -0.15) is 0 Å². The molecule has 0 saturated heterocycles. The van der Waals surface area contributed by atoms with Crippen LogP contribution in [0, 0.1) is 17.7 Å². The molecule has 1 aromatic rings. The number of hydrogen-bond donors (Lipinski definition) is 1. The van der Waals surface area contributed by atoms with Gasteiger partial charge in [-0.15, -0.1) is 0 Å². The molecule has 0 atom stereocenters. The van der Waals surface area contributed by atoms with E-state index in [0.29, 0.717) is 5.56 Å². The second-order valence-electron chi connectivity index (χ2n) is 2.34. The summed E-state index contributed by atoms with van der Waals surface area (Å²) in [5.74, 6) is 4.10. The van der Waals surface area contributed by atoms with Crippen LogP contribution in [0.4, 0.5) is 4.39 Å². The molecule has 0 radical (unpaired) electrons. The van der Waals surface area contributed by atoms with Crippen LogP contribution < -0.4 is 5.32 Å². The zero-order valence-corrected chi connectivity index (χ0v) is 7.10. The quantitative estimate of drug-likeness (QED) is 0.587. The van der Waals surface area contributed by atoms with Crippen LogP contribution in [0.25, 0.3) is 0 Å². The largest absolute Gasteiger partial charge is 0.348 e. The van der Waals surface area contributed by atoms with E-state index in [0.717, 1.165) is 0 Å². The highest BCUT2D eigenvalue weighted by atomic mass is 19.1. The summed E-state index contributed by atoms with van der Waals surface area (Å²) in [6.45, 7) is 0. The summed E-state index contributed by atoms with van der Waals surface area (Å²) in [7, 11) is 1.49. The lowest BCUT2D eigenvalue weighted by atomic mass is 10.2. The van der Waals surface area contributed by atoms with Crippen molar-refractivity contribution in [1.82, 2.24) is 5.32 Å². The highest BCUT2D eigenvalue weighted by Crippen LogP contribution is 2.00. The van der Waals surface area contributed by atoms with Gasteiger partial charge in [-0.3, -0.25) is 4.79 Å². The van der Waals surface area contributed by atoms with Gasteiger partial charge in [0.1, 0.15) is 5.82 Å². The standard InChI is InChI=1S/C10H8FNO/c1-12-10(13)6-5-8-3-2-4-9(11)7-8/h2-4,7H,1H3,(H,12,13). The number of amides is 1. The average Bonchev–Trinajstić information content (AvgIpc) is 2.14. The molecule has 0 fully saturated rings. The van der Waals surface area contributed by atoms with Crippen LogP contribution in [0.1, 0.15) is 5.56 Å². The highest BCUT2D eigenvalue weighted by Gasteiger charge is 1.91. The van der Waals surface area contributed by atoms with Gasteiger partial charge in [-0.1, -0.05) is 12.0 Å². The summed E-state index contributed by atoms with van der Waals surface area (Å²) < 4.78 is 12.6. The molecular weight excluding hydrogens is 169 g/mol. The summed E-state index contributed by atoms with van der Waals surface area (Å²) >= 11 is 0. The minimum atomic E-state index is -0.385. The van der Waals surface area contributed by atoms with E-state index in [-0.39, 0.29) is 11.7 Å². The van der Waals surface area contributed by atoms with Crippen molar-refractivity contribution in [1.29, 1.82) is 0 Å². The number of rotatable bonds is 0. The Morgan fingerprint density at radius 1 is 1.54 bits per heavy atom. The number of carbonyl (C=O) groups is 1. The third-order valence-corrected chi connectivity index (χ3v) is 1.37. The molecule has 0 heterocycles. The molecule has 0 aromatic heterocycles. The van der Waals surface area contributed by atoms with Crippen molar-refractivity contribution in [2.24, 2.45) is 0 Å². The maximum atomic E-state index is 12.6. The summed E-state index contributed by atoms with van der Waals surface area (Å²) in [6, 6.07) is 5.78. The third-order valence-electron chi connectivity index (χ3n) is 1.37. The lowest BCUT2D eigenvalue weighted by Gasteiger charge is -1.89. The first-order valence-electron chi connectivity index (χ1n) is 3.71. The van der Waals surface area contributed by atoms with E-state index in [2.05, 4.69) is 17.2 Å². The number of carbonyl (C=O) groups excluding carboxylic acids is 1. The molecular formula is C10H8FNO. The number of benzene rings is 1. The first kappa shape index (κ1) is 9.27. The Bertz CT molecular complexity index is 376. The average molecular weight is 177 g/mol. The Morgan fingerprint density at radius 3 is 2.92 bits per heavy atom. The number of halogens is 1. The molecule has 1 aromatic carbocycles. The smallest absolute Gasteiger partial charge is 0.295 e. The van der Waals surface area contributed by atoms with Gasteiger partial charge in [-0.25, -0.2) is 4.39 Å². The van der Waals surface area contributed by atoms with Crippen molar-refractivity contribution >= 4 is 5.91 Å². The minimum absolute atomic E-state index is 0.358. The number of hydrogen-bond acceptors (Lipinski definition) is 1. The summed E-state index contributed by atoms with van der Waals surface area (Å²) in [4.78, 5) is 10.7. The topological polar surface area (TPSA) is 29.1 Å². The fraction of sp³-hybridized carbons (Fsp3) is 0.100. The van der Waals surface area contributed by atoms with Crippen molar-refractivity contribution < 1.29 is 9.18 Å². The Balaban J connectivity index is 2.83. The SMILES string of the molecule is CNC(=O)C#Cc1cccc(F)c1. The Morgan fingerprint density at radius 2 is 2.31 bits per heavy atom. The molecule has 2 nitrogen and oxygen atoms in total. The highest BCUT2D eigenvalue weighted by molar-refractivity contribution is 5.93. The van der Waals surface area contributed by atoms with Crippen LogP contribution in [0.3, 0.4) is 0 Å². The predicted molar refractivity (Wildman–Crippen MR) is 47.3 cm³/mol. The van der Waals surface area contributed by atoms with Gasteiger partial charge in [0, 0.05) is 18.5 Å². The van der Waals surface area contributed by atoms with Crippen LogP contribution in [-0.2, 0) is 4.79 Å². The molecule has 0 saturated carbocycles. The Labute approximate surface area is 75.8 Å². The summed E-state index contributed by atoms with van der Waals surface area (Å²) in [6.07, 6.45) is 0. The van der Waals surface area contributed by atoms with E-state index in [9.17, 15) is 9.18 Å². The molecule has 0 bridgehead atoms. The summed E-state index contributed by atoms with van der Waals surface area (Å²) in [5, 5.41) is 2.34. The molecule has 0 aliphatic carbocycles. The zero-order valence-electron chi connectivity index (χ0n) is 7.10. The van der Waals surface area contributed by atoms with Crippen LogP contribution in [0.5, 0.6) is 0 Å². The van der Waals surface area contributed by atoms with Crippen molar-refractivity contribution in [2.45, 2.75) is 0 Å². The molecule has 13 heavy (non-hydrogen) atoms. The van der Waals surface area contributed by atoms with E-state index in [1.807, 2.05) is 0 Å². The van der Waals surface area contributed by atoms with Gasteiger partial charge in [-0.05, 0) is 18.2 Å². The molecule has 1 amide bonds. The van der Waals surface area contributed by atoms with Crippen molar-refractivity contribution in [3.8, 4) is 11.8 Å². The Hall–Kier alpha value is -1.82. The molecule has 0 aliphatic heterocycles. The lowest BCUT2D eigenvalue weighted by Crippen LogP contribution is -2.14. The van der Waals surface area contributed by atoms with Gasteiger partial charge >= 0.3 is 0 Å². The fourth-order valence-electron chi connectivity index (χ4n) is 0.758. The third kappa shape index (κ3) is 2.96. The fourth-order valence-corrected chi connectivity index (χ4v) is 0.758. The molecule has 66 valence electrons. The monoisotopic (exact) mass is 177 g/mol. The van der Waals surface area contributed by atoms with E-state index < -0.39 is 0 Å². The molecule has 0 spiro atoms. The minimum Gasteiger partial charge on any atom is -0.348 e. The van der Waals surface area contributed by atoms with Gasteiger partial charge in [0.2, 0.25) is 0 Å². The van der Waals surface area contributed by atoms with E-state index in [4.69, 9.17) is 0 Å². The van der Waals surface area contributed by atoms with Crippen LogP contribution >= 0.6 is 0 Å². The second-order valence-corrected chi connectivity index (χ2v) is 2.34. The maximum absolute atomic E-state index is 12.6. The second kappa shape index (κ2) is 4.27. The number of nitrogens with one attached hydrogen (secondary N) is 1. The van der Waals surface area contributed by atoms with E-state index in [1.54, 1.807) is 12.1 Å².